The van der Waals surface area contributed by atoms with Crippen LogP contribution in [0.1, 0.15) is 29.3 Å². The summed E-state index contributed by atoms with van der Waals surface area (Å²) in [5.74, 6) is 0.131. The number of piperidine rings is 1. The number of rotatable bonds is 1. The summed E-state index contributed by atoms with van der Waals surface area (Å²) in [6.07, 6.45) is 0.353. The summed E-state index contributed by atoms with van der Waals surface area (Å²) in [5, 5.41) is 9.67. The number of aliphatic hydroxyl groups is 1. The lowest BCUT2D eigenvalue weighted by atomic mass is 9.96. The van der Waals surface area contributed by atoms with Crippen molar-refractivity contribution in [1.82, 2.24) is 4.90 Å². The van der Waals surface area contributed by atoms with Gasteiger partial charge in [-0.2, -0.15) is 0 Å². The van der Waals surface area contributed by atoms with Crippen LogP contribution in [0.4, 0.5) is 5.69 Å². The number of likely N-dealkylation sites (tertiary alicyclic amines) is 1. The zero-order valence-electron chi connectivity index (χ0n) is 10.9. The van der Waals surface area contributed by atoms with Gasteiger partial charge in [0, 0.05) is 24.3 Å². The van der Waals surface area contributed by atoms with E-state index in [-0.39, 0.29) is 17.9 Å². The number of anilines is 1. The summed E-state index contributed by atoms with van der Waals surface area (Å²) in [6.45, 7) is 5.10. The van der Waals surface area contributed by atoms with Gasteiger partial charge in [0.05, 0.1) is 6.10 Å². The average molecular weight is 248 g/mol. The minimum atomic E-state index is -0.294. The van der Waals surface area contributed by atoms with Gasteiger partial charge in [-0.3, -0.25) is 4.79 Å². The fourth-order valence-electron chi connectivity index (χ4n) is 2.27. The van der Waals surface area contributed by atoms with Crippen molar-refractivity contribution in [3.63, 3.8) is 0 Å². The summed E-state index contributed by atoms with van der Waals surface area (Å²) >= 11 is 0. The van der Waals surface area contributed by atoms with E-state index in [2.05, 4.69) is 0 Å². The largest absolute Gasteiger partial charge is 0.398 e. The quantitative estimate of drug-likeness (QED) is 0.739. The first-order chi connectivity index (χ1) is 8.49. The molecular weight excluding hydrogens is 228 g/mol. The zero-order valence-corrected chi connectivity index (χ0v) is 10.9. The molecule has 4 heteroatoms. The van der Waals surface area contributed by atoms with Crippen molar-refractivity contribution >= 4 is 11.6 Å². The Morgan fingerprint density at radius 3 is 2.83 bits per heavy atom. The fourth-order valence-corrected chi connectivity index (χ4v) is 2.27. The molecule has 1 aliphatic rings. The van der Waals surface area contributed by atoms with Gasteiger partial charge < -0.3 is 15.7 Å². The molecule has 0 saturated carbocycles. The van der Waals surface area contributed by atoms with Crippen LogP contribution in [0.25, 0.3) is 0 Å². The van der Waals surface area contributed by atoms with Gasteiger partial charge in [-0.05, 0) is 37.0 Å². The van der Waals surface area contributed by atoms with E-state index in [0.717, 1.165) is 5.56 Å². The monoisotopic (exact) mass is 248 g/mol. The number of hydrogen-bond acceptors (Lipinski definition) is 3. The lowest BCUT2D eigenvalue weighted by Gasteiger charge is -2.34. The molecule has 1 heterocycles. The van der Waals surface area contributed by atoms with Gasteiger partial charge in [-0.1, -0.05) is 13.0 Å². The minimum absolute atomic E-state index is 0.000417. The highest BCUT2D eigenvalue weighted by molar-refractivity contribution is 5.95. The second-order valence-corrected chi connectivity index (χ2v) is 5.16. The van der Waals surface area contributed by atoms with Gasteiger partial charge in [0.1, 0.15) is 0 Å². The molecule has 1 aromatic rings. The third kappa shape index (κ3) is 2.48. The van der Waals surface area contributed by atoms with Crippen molar-refractivity contribution in [2.75, 3.05) is 18.8 Å². The first kappa shape index (κ1) is 12.9. The van der Waals surface area contributed by atoms with Crippen LogP contribution in [0.3, 0.4) is 0 Å². The Morgan fingerprint density at radius 1 is 1.50 bits per heavy atom. The Kier molecular flexibility index (Phi) is 3.57. The molecule has 2 atom stereocenters. The lowest BCUT2D eigenvalue weighted by Crippen LogP contribution is -2.44. The predicted octanol–water partition coefficient (Wildman–Crippen LogP) is 1.42. The molecule has 0 spiro atoms. The summed E-state index contributed by atoms with van der Waals surface area (Å²) in [5.41, 5.74) is 8.08. The van der Waals surface area contributed by atoms with Crippen LogP contribution >= 0.6 is 0 Å². The number of aliphatic hydroxyl groups excluding tert-OH is 1. The number of nitrogens with two attached hydrogens (primary N) is 1. The maximum atomic E-state index is 12.3. The highest BCUT2D eigenvalue weighted by atomic mass is 16.3. The first-order valence-electron chi connectivity index (χ1n) is 6.32. The number of hydrogen-bond donors (Lipinski definition) is 2. The fraction of sp³-hybridized carbons (Fsp3) is 0.500. The summed E-state index contributed by atoms with van der Waals surface area (Å²) in [7, 11) is 0. The lowest BCUT2D eigenvalue weighted by molar-refractivity contribution is 0.0297. The van der Waals surface area contributed by atoms with Crippen molar-refractivity contribution in [3.8, 4) is 0 Å². The van der Waals surface area contributed by atoms with E-state index in [1.165, 1.54) is 0 Å². The second-order valence-electron chi connectivity index (χ2n) is 5.16. The van der Waals surface area contributed by atoms with Gasteiger partial charge >= 0.3 is 0 Å². The van der Waals surface area contributed by atoms with Gasteiger partial charge in [-0.15, -0.1) is 0 Å². The molecule has 0 bridgehead atoms. The third-order valence-corrected chi connectivity index (χ3v) is 3.67. The number of amides is 1. The molecule has 18 heavy (non-hydrogen) atoms. The number of nitrogen functional groups attached to an aromatic ring is 1. The van der Waals surface area contributed by atoms with Gasteiger partial charge in [0.25, 0.3) is 5.91 Å². The summed E-state index contributed by atoms with van der Waals surface area (Å²) in [4.78, 5) is 14.1. The van der Waals surface area contributed by atoms with Crippen LogP contribution < -0.4 is 5.73 Å². The van der Waals surface area contributed by atoms with Crippen molar-refractivity contribution in [2.24, 2.45) is 5.92 Å². The van der Waals surface area contributed by atoms with Crippen LogP contribution in [0.5, 0.6) is 0 Å². The maximum absolute atomic E-state index is 12.3. The number of benzene rings is 1. The maximum Gasteiger partial charge on any atom is 0.253 e. The Bertz CT molecular complexity index is 459. The zero-order chi connectivity index (χ0) is 13.3. The number of aryl methyl sites for hydroxylation is 1. The highest BCUT2D eigenvalue weighted by Crippen LogP contribution is 2.20. The van der Waals surface area contributed by atoms with Crippen LogP contribution in [0.2, 0.25) is 0 Å². The predicted molar refractivity (Wildman–Crippen MR) is 71.3 cm³/mol. The third-order valence-electron chi connectivity index (χ3n) is 3.67. The standard InChI is InChI=1S/C14H20N2O2/c1-9-3-4-11(7-12(9)15)14(18)16-6-5-13(17)10(2)8-16/h3-4,7,10,13,17H,5-6,8,15H2,1-2H3. The topological polar surface area (TPSA) is 66.6 Å². The van der Waals surface area contributed by atoms with Crippen LogP contribution in [0.15, 0.2) is 18.2 Å². The molecule has 2 rings (SSSR count). The minimum Gasteiger partial charge on any atom is -0.398 e. The van der Waals surface area contributed by atoms with Gasteiger partial charge in [0.15, 0.2) is 0 Å². The van der Waals surface area contributed by atoms with Crippen LogP contribution in [-0.4, -0.2) is 35.1 Å². The molecule has 1 fully saturated rings. The van der Waals surface area contributed by atoms with E-state index in [1.54, 1.807) is 11.0 Å². The average Bonchev–Trinajstić information content (AvgIpc) is 2.35. The van der Waals surface area contributed by atoms with Crippen molar-refractivity contribution < 1.29 is 9.90 Å². The molecule has 4 nitrogen and oxygen atoms in total. The van der Waals surface area contributed by atoms with E-state index in [0.29, 0.717) is 30.8 Å². The van der Waals surface area contributed by atoms with E-state index >= 15 is 0 Å². The van der Waals surface area contributed by atoms with E-state index in [9.17, 15) is 9.90 Å². The number of carbonyl (C=O) groups is 1. The van der Waals surface area contributed by atoms with E-state index < -0.39 is 0 Å². The molecule has 98 valence electrons. The first-order valence-corrected chi connectivity index (χ1v) is 6.32. The molecule has 3 N–H and O–H groups in total. The molecule has 2 unspecified atom stereocenters. The molecule has 1 amide bonds. The summed E-state index contributed by atoms with van der Waals surface area (Å²) in [6, 6.07) is 5.40. The van der Waals surface area contributed by atoms with Crippen molar-refractivity contribution in [3.05, 3.63) is 29.3 Å². The smallest absolute Gasteiger partial charge is 0.253 e. The van der Waals surface area contributed by atoms with E-state index in [4.69, 9.17) is 5.73 Å². The van der Waals surface area contributed by atoms with Gasteiger partial charge in [-0.25, -0.2) is 0 Å². The molecule has 1 saturated heterocycles. The molecular formula is C14H20N2O2. The normalized spacial score (nSPS) is 24.1. The second kappa shape index (κ2) is 4.98. The number of nitrogens with zero attached hydrogens (tertiary/aromatic N) is 1. The molecule has 1 aromatic carbocycles. The van der Waals surface area contributed by atoms with Crippen LogP contribution in [-0.2, 0) is 0 Å². The van der Waals surface area contributed by atoms with E-state index in [1.807, 2.05) is 26.0 Å². The Balaban J connectivity index is 2.14. The van der Waals surface area contributed by atoms with Crippen LogP contribution in [0, 0.1) is 12.8 Å². The Labute approximate surface area is 107 Å². The Hall–Kier alpha value is -1.55. The van der Waals surface area contributed by atoms with Gasteiger partial charge in [0.2, 0.25) is 0 Å². The molecule has 1 aliphatic heterocycles. The SMILES string of the molecule is Cc1ccc(C(=O)N2CCC(O)C(C)C2)cc1N. The van der Waals surface area contributed by atoms with Crippen molar-refractivity contribution in [2.45, 2.75) is 26.4 Å². The number of carbonyl (C=O) groups excluding carboxylic acids is 1. The van der Waals surface area contributed by atoms with Crippen molar-refractivity contribution in [1.29, 1.82) is 0 Å². The molecule has 0 radical (unpaired) electrons. The Morgan fingerprint density at radius 2 is 2.22 bits per heavy atom. The highest BCUT2D eigenvalue weighted by Gasteiger charge is 2.27. The summed E-state index contributed by atoms with van der Waals surface area (Å²) < 4.78 is 0. The molecule has 0 aromatic heterocycles. The molecule has 0 aliphatic carbocycles.